The first kappa shape index (κ1) is 17.0. The van der Waals surface area contributed by atoms with Gasteiger partial charge in [-0.3, -0.25) is 4.79 Å². The molecule has 0 amide bonds. The molecule has 0 radical (unpaired) electrons. The number of carboxylic acid groups (broad SMARTS) is 1. The maximum absolute atomic E-state index is 10.8. The molecule has 0 aliphatic carbocycles. The minimum atomic E-state index is -0.915. The SMILES string of the molecule is CC(C)(C)c1ccc(Oc2cccc([C@@H](N)CC(=O)O)c2)cc1. The van der Waals surface area contributed by atoms with Crippen LogP contribution in [0.4, 0.5) is 0 Å². The van der Waals surface area contributed by atoms with Gasteiger partial charge in [-0.15, -0.1) is 0 Å². The Morgan fingerprint density at radius 2 is 1.78 bits per heavy atom. The molecule has 0 aliphatic heterocycles. The van der Waals surface area contributed by atoms with Crippen molar-refractivity contribution in [2.24, 2.45) is 5.73 Å². The summed E-state index contributed by atoms with van der Waals surface area (Å²) < 4.78 is 5.84. The lowest BCUT2D eigenvalue weighted by Crippen LogP contribution is -2.14. The summed E-state index contributed by atoms with van der Waals surface area (Å²) in [6, 6.07) is 14.7. The summed E-state index contributed by atoms with van der Waals surface area (Å²) in [7, 11) is 0. The summed E-state index contributed by atoms with van der Waals surface area (Å²) in [5, 5.41) is 8.83. The Balaban J connectivity index is 2.13. The van der Waals surface area contributed by atoms with Crippen LogP contribution in [-0.2, 0) is 10.2 Å². The quantitative estimate of drug-likeness (QED) is 0.865. The summed E-state index contributed by atoms with van der Waals surface area (Å²) in [6.07, 6.45) is -0.107. The third kappa shape index (κ3) is 4.83. The van der Waals surface area contributed by atoms with Crippen LogP contribution in [0.25, 0.3) is 0 Å². The van der Waals surface area contributed by atoms with Crippen LogP contribution in [0, 0.1) is 0 Å². The van der Waals surface area contributed by atoms with Gasteiger partial charge in [-0.05, 0) is 40.8 Å². The molecular formula is C19H23NO3. The van der Waals surface area contributed by atoms with E-state index < -0.39 is 12.0 Å². The van der Waals surface area contributed by atoms with Gasteiger partial charge in [0, 0.05) is 6.04 Å². The van der Waals surface area contributed by atoms with Gasteiger partial charge in [0.05, 0.1) is 6.42 Å². The summed E-state index contributed by atoms with van der Waals surface area (Å²) in [5.41, 5.74) is 7.97. The van der Waals surface area contributed by atoms with Crippen LogP contribution in [0.1, 0.15) is 44.4 Å². The first-order chi connectivity index (χ1) is 10.8. The Hall–Kier alpha value is -2.33. The van der Waals surface area contributed by atoms with Crippen LogP contribution in [-0.4, -0.2) is 11.1 Å². The van der Waals surface area contributed by atoms with Crippen molar-refractivity contribution >= 4 is 5.97 Å². The normalized spacial score (nSPS) is 12.7. The molecule has 0 bridgehead atoms. The molecule has 4 nitrogen and oxygen atoms in total. The molecule has 2 aromatic carbocycles. The minimum Gasteiger partial charge on any atom is -0.481 e. The zero-order valence-corrected chi connectivity index (χ0v) is 13.7. The second-order valence-corrected chi connectivity index (χ2v) is 6.65. The zero-order valence-electron chi connectivity index (χ0n) is 13.7. The number of rotatable bonds is 5. The van der Waals surface area contributed by atoms with Crippen molar-refractivity contribution < 1.29 is 14.6 Å². The van der Waals surface area contributed by atoms with Crippen molar-refractivity contribution in [2.45, 2.75) is 38.6 Å². The molecule has 0 aromatic heterocycles. The largest absolute Gasteiger partial charge is 0.481 e. The molecule has 2 aromatic rings. The number of aliphatic carboxylic acids is 1. The fourth-order valence-electron chi connectivity index (χ4n) is 2.27. The van der Waals surface area contributed by atoms with Crippen LogP contribution in [0.15, 0.2) is 48.5 Å². The predicted octanol–water partition coefficient (Wildman–Crippen LogP) is 4.25. The zero-order chi connectivity index (χ0) is 17.0. The number of carbonyl (C=O) groups is 1. The van der Waals surface area contributed by atoms with Crippen LogP contribution in [0.3, 0.4) is 0 Å². The Bertz CT molecular complexity index is 672. The average Bonchev–Trinajstić information content (AvgIpc) is 2.46. The maximum Gasteiger partial charge on any atom is 0.305 e. The van der Waals surface area contributed by atoms with Crippen LogP contribution >= 0.6 is 0 Å². The van der Waals surface area contributed by atoms with Crippen LogP contribution in [0.5, 0.6) is 11.5 Å². The van der Waals surface area contributed by atoms with Crippen LogP contribution < -0.4 is 10.5 Å². The molecule has 0 fully saturated rings. The first-order valence-corrected chi connectivity index (χ1v) is 7.61. The molecule has 122 valence electrons. The lowest BCUT2D eigenvalue weighted by molar-refractivity contribution is -0.137. The Kier molecular flexibility index (Phi) is 5.06. The Labute approximate surface area is 136 Å². The van der Waals surface area contributed by atoms with Gasteiger partial charge in [0.25, 0.3) is 0 Å². The van der Waals surface area contributed by atoms with E-state index in [0.29, 0.717) is 5.75 Å². The minimum absolute atomic E-state index is 0.0993. The van der Waals surface area contributed by atoms with Gasteiger partial charge in [-0.25, -0.2) is 0 Å². The van der Waals surface area contributed by atoms with Crippen molar-refractivity contribution in [1.82, 2.24) is 0 Å². The molecule has 0 unspecified atom stereocenters. The molecule has 0 saturated carbocycles. The number of ether oxygens (including phenoxy) is 1. The van der Waals surface area contributed by atoms with E-state index in [1.165, 1.54) is 5.56 Å². The standard InChI is InChI=1S/C19H23NO3/c1-19(2,3)14-7-9-15(10-8-14)23-16-6-4-5-13(11-16)17(20)12-18(21)22/h4-11,17H,12,20H2,1-3H3,(H,21,22)/t17-/m0/s1. The highest BCUT2D eigenvalue weighted by Crippen LogP contribution is 2.28. The molecular weight excluding hydrogens is 290 g/mol. The second kappa shape index (κ2) is 6.84. The molecule has 1 atom stereocenters. The summed E-state index contributed by atoms with van der Waals surface area (Å²) in [5.74, 6) is 0.468. The first-order valence-electron chi connectivity index (χ1n) is 7.61. The Morgan fingerprint density at radius 3 is 2.35 bits per heavy atom. The van der Waals surface area contributed by atoms with Gasteiger partial charge in [0.1, 0.15) is 11.5 Å². The monoisotopic (exact) mass is 313 g/mol. The lowest BCUT2D eigenvalue weighted by atomic mass is 9.87. The molecule has 0 saturated heterocycles. The van der Waals surface area contributed by atoms with E-state index in [1.807, 2.05) is 30.3 Å². The van der Waals surface area contributed by atoms with Crippen molar-refractivity contribution in [2.75, 3.05) is 0 Å². The van der Waals surface area contributed by atoms with Gasteiger partial charge < -0.3 is 15.6 Å². The maximum atomic E-state index is 10.8. The molecule has 4 heteroatoms. The van der Waals surface area contributed by atoms with Crippen LogP contribution in [0.2, 0.25) is 0 Å². The fraction of sp³-hybridized carbons (Fsp3) is 0.316. The van der Waals surface area contributed by atoms with Crippen molar-refractivity contribution in [3.8, 4) is 11.5 Å². The highest BCUT2D eigenvalue weighted by atomic mass is 16.5. The van der Waals surface area contributed by atoms with Gasteiger partial charge in [0.2, 0.25) is 0 Å². The number of carboxylic acids is 1. The molecule has 3 N–H and O–H groups in total. The van der Waals surface area contributed by atoms with E-state index >= 15 is 0 Å². The number of benzene rings is 2. The van der Waals surface area contributed by atoms with E-state index in [-0.39, 0.29) is 11.8 Å². The van der Waals surface area contributed by atoms with Gasteiger partial charge >= 0.3 is 5.97 Å². The van der Waals surface area contributed by atoms with E-state index in [0.717, 1.165) is 11.3 Å². The average molecular weight is 313 g/mol. The van der Waals surface area contributed by atoms with Gasteiger partial charge in [-0.1, -0.05) is 45.0 Å². The smallest absolute Gasteiger partial charge is 0.305 e. The third-order valence-electron chi connectivity index (χ3n) is 3.64. The van der Waals surface area contributed by atoms with Crippen molar-refractivity contribution in [3.63, 3.8) is 0 Å². The summed E-state index contributed by atoms with van der Waals surface area (Å²) in [6.45, 7) is 6.49. The summed E-state index contributed by atoms with van der Waals surface area (Å²) in [4.78, 5) is 10.8. The number of hydrogen-bond acceptors (Lipinski definition) is 3. The molecule has 0 heterocycles. The lowest BCUT2D eigenvalue weighted by Gasteiger charge is -2.19. The topological polar surface area (TPSA) is 72.5 Å². The van der Waals surface area contributed by atoms with E-state index in [2.05, 4.69) is 32.9 Å². The fourth-order valence-corrected chi connectivity index (χ4v) is 2.27. The second-order valence-electron chi connectivity index (χ2n) is 6.65. The van der Waals surface area contributed by atoms with Gasteiger partial charge in [-0.2, -0.15) is 0 Å². The molecule has 23 heavy (non-hydrogen) atoms. The van der Waals surface area contributed by atoms with E-state index in [4.69, 9.17) is 15.6 Å². The number of nitrogens with two attached hydrogens (primary N) is 1. The summed E-state index contributed by atoms with van der Waals surface area (Å²) >= 11 is 0. The highest BCUT2D eigenvalue weighted by Gasteiger charge is 2.14. The van der Waals surface area contributed by atoms with Crippen molar-refractivity contribution in [3.05, 3.63) is 59.7 Å². The molecule has 2 rings (SSSR count). The van der Waals surface area contributed by atoms with Crippen molar-refractivity contribution in [1.29, 1.82) is 0 Å². The third-order valence-corrected chi connectivity index (χ3v) is 3.64. The number of hydrogen-bond donors (Lipinski definition) is 2. The van der Waals surface area contributed by atoms with E-state index in [1.54, 1.807) is 6.07 Å². The Morgan fingerprint density at radius 1 is 1.13 bits per heavy atom. The van der Waals surface area contributed by atoms with Gasteiger partial charge in [0.15, 0.2) is 0 Å². The molecule has 0 aliphatic rings. The highest BCUT2D eigenvalue weighted by molar-refractivity contribution is 5.67. The van der Waals surface area contributed by atoms with E-state index in [9.17, 15) is 4.79 Å². The molecule has 0 spiro atoms. The predicted molar refractivity (Wildman–Crippen MR) is 90.8 cm³/mol.